The van der Waals surface area contributed by atoms with Crippen molar-refractivity contribution in [1.82, 2.24) is 0 Å². The van der Waals surface area contributed by atoms with Gasteiger partial charge >= 0.3 is 29.6 Å². The first-order valence-electron chi connectivity index (χ1n) is 4.70. The first-order valence-corrected chi connectivity index (χ1v) is 4.70. The third-order valence-corrected chi connectivity index (χ3v) is 2.26. The van der Waals surface area contributed by atoms with Crippen LogP contribution in [0.1, 0.15) is 54.8 Å². The van der Waals surface area contributed by atoms with Crippen LogP contribution in [0.2, 0.25) is 0 Å². The molecule has 1 unspecified atom stereocenters. The van der Waals surface area contributed by atoms with E-state index >= 15 is 0 Å². The van der Waals surface area contributed by atoms with Crippen LogP contribution >= 0.6 is 0 Å². The summed E-state index contributed by atoms with van der Waals surface area (Å²) in [6, 6.07) is 0. The van der Waals surface area contributed by atoms with Gasteiger partial charge in [-0.05, 0) is 25.7 Å². The molecule has 70 valence electrons. The maximum atomic E-state index is 9.64. The summed E-state index contributed by atoms with van der Waals surface area (Å²) in [7, 11) is 0. The fourth-order valence-electron chi connectivity index (χ4n) is 1.07. The van der Waals surface area contributed by atoms with Crippen LogP contribution < -0.4 is 29.6 Å². The van der Waals surface area contributed by atoms with Crippen molar-refractivity contribution in [2.45, 2.75) is 59.0 Å². The Morgan fingerprint density at radius 2 is 1.92 bits per heavy atom. The molecule has 0 heterocycles. The predicted octanol–water partition coefficient (Wildman–Crippen LogP) is 0.0902. The summed E-state index contributed by atoms with van der Waals surface area (Å²) in [5.74, 6) is 0.766. The Morgan fingerprint density at radius 1 is 1.42 bits per heavy atom. The SMILES string of the molecule is CCC(C)(O)CCCC(C)C.[H-].[Na+]. The Balaban J connectivity index is -0.000000500. The van der Waals surface area contributed by atoms with Crippen LogP contribution in [-0.4, -0.2) is 10.7 Å². The summed E-state index contributed by atoms with van der Waals surface area (Å²) in [5.41, 5.74) is -0.422. The summed E-state index contributed by atoms with van der Waals surface area (Å²) < 4.78 is 0. The van der Waals surface area contributed by atoms with Gasteiger partial charge in [-0.1, -0.05) is 33.6 Å². The van der Waals surface area contributed by atoms with Crippen molar-refractivity contribution in [2.75, 3.05) is 0 Å². The average Bonchev–Trinajstić information content (AvgIpc) is 1.87. The molecule has 0 fully saturated rings. The van der Waals surface area contributed by atoms with E-state index in [0.717, 1.165) is 25.2 Å². The van der Waals surface area contributed by atoms with Gasteiger partial charge in [0.2, 0.25) is 0 Å². The molecule has 1 atom stereocenters. The second-order valence-electron chi connectivity index (χ2n) is 4.14. The molecule has 0 saturated carbocycles. The van der Waals surface area contributed by atoms with Gasteiger partial charge in [-0.2, -0.15) is 0 Å². The topological polar surface area (TPSA) is 20.2 Å². The van der Waals surface area contributed by atoms with Crippen LogP contribution in [0.4, 0.5) is 0 Å². The Kier molecular flexibility index (Phi) is 9.48. The van der Waals surface area contributed by atoms with Crippen molar-refractivity contribution in [1.29, 1.82) is 0 Å². The van der Waals surface area contributed by atoms with E-state index in [0.29, 0.717) is 0 Å². The normalized spacial score (nSPS) is 15.5. The molecule has 0 amide bonds. The Labute approximate surface area is 101 Å². The quantitative estimate of drug-likeness (QED) is 0.598. The van der Waals surface area contributed by atoms with E-state index in [1.165, 1.54) is 6.42 Å². The number of aliphatic hydroxyl groups is 1. The Bertz CT molecular complexity index is 105. The molecule has 0 aliphatic rings. The molecule has 0 aromatic heterocycles. The van der Waals surface area contributed by atoms with Crippen LogP contribution in [-0.2, 0) is 0 Å². The van der Waals surface area contributed by atoms with E-state index in [1.54, 1.807) is 0 Å². The predicted molar refractivity (Wildman–Crippen MR) is 50.7 cm³/mol. The standard InChI is InChI=1S/C10H22O.Na.H/c1-5-10(4,11)8-6-7-9(2)3;;/h9,11H,5-8H2,1-4H3;;/q;+1;-1. The van der Waals surface area contributed by atoms with Crippen LogP contribution in [0.25, 0.3) is 0 Å². The van der Waals surface area contributed by atoms with Gasteiger partial charge in [-0.15, -0.1) is 0 Å². The smallest absolute Gasteiger partial charge is 1.00 e. The third-order valence-electron chi connectivity index (χ3n) is 2.26. The molecule has 0 aliphatic carbocycles. The van der Waals surface area contributed by atoms with E-state index in [2.05, 4.69) is 13.8 Å². The van der Waals surface area contributed by atoms with E-state index in [-0.39, 0.29) is 31.0 Å². The van der Waals surface area contributed by atoms with E-state index in [1.807, 2.05) is 13.8 Å². The van der Waals surface area contributed by atoms with Gasteiger partial charge in [0.05, 0.1) is 5.60 Å². The second-order valence-corrected chi connectivity index (χ2v) is 4.14. The minimum atomic E-state index is -0.422. The van der Waals surface area contributed by atoms with Crippen LogP contribution in [0, 0.1) is 5.92 Å². The fraction of sp³-hybridized carbons (Fsp3) is 1.00. The zero-order valence-corrected chi connectivity index (χ0v) is 11.4. The first kappa shape index (κ1) is 15.4. The van der Waals surface area contributed by atoms with Gasteiger partial charge in [-0.3, -0.25) is 0 Å². The second kappa shape index (κ2) is 7.37. The fourth-order valence-corrected chi connectivity index (χ4v) is 1.07. The average molecular weight is 182 g/mol. The molecular formula is C10H23NaO. The molecule has 0 rings (SSSR count). The Hall–Kier alpha value is 0.960. The molecule has 0 aromatic rings. The van der Waals surface area contributed by atoms with Crippen molar-refractivity contribution in [3.8, 4) is 0 Å². The molecule has 1 nitrogen and oxygen atoms in total. The van der Waals surface area contributed by atoms with Crippen molar-refractivity contribution in [3.05, 3.63) is 0 Å². The zero-order valence-electron chi connectivity index (χ0n) is 10.4. The van der Waals surface area contributed by atoms with Gasteiger partial charge < -0.3 is 6.53 Å². The molecule has 0 aromatic carbocycles. The van der Waals surface area contributed by atoms with Gasteiger partial charge in [0, 0.05) is 0 Å². The summed E-state index contributed by atoms with van der Waals surface area (Å²) in [6.45, 7) is 8.41. The zero-order chi connectivity index (χ0) is 8.91. The maximum Gasteiger partial charge on any atom is 1.00 e. The summed E-state index contributed by atoms with van der Waals surface area (Å²) in [4.78, 5) is 0. The minimum absolute atomic E-state index is 0. The van der Waals surface area contributed by atoms with Gasteiger partial charge in [-0.25, -0.2) is 0 Å². The molecular weight excluding hydrogens is 159 g/mol. The monoisotopic (exact) mass is 182 g/mol. The Morgan fingerprint density at radius 3 is 2.25 bits per heavy atom. The first-order chi connectivity index (χ1) is 4.98. The largest absolute Gasteiger partial charge is 1.00 e. The molecule has 12 heavy (non-hydrogen) atoms. The summed E-state index contributed by atoms with van der Waals surface area (Å²) >= 11 is 0. The van der Waals surface area contributed by atoms with Crippen molar-refractivity contribution < 1.29 is 36.1 Å². The van der Waals surface area contributed by atoms with Gasteiger partial charge in [0.25, 0.3) is 0 Å². The molecule has 0 spiro atoms. The van der Waals surface area contributed by atoms with E-state index in [4.69, 9.17) is 0 Å². The molecule has 0 saturated heterocycles. The van der Waals surface area contributed by atoms with Crippen LogP contribution in [0.5, 0.6) is 0 Å². The van der Waals surface area contributed by atoms with Crippen LogP contribution in [0.3, 0.4) is 0 Å². The molecule has 2 heteroatoms. The molecule has 0 aliphatic heterocycles. The number of rotatable bonds is 5. The molecule has 0 radical (unpaired) electrons. The summed E-state index contributed by atoms with van der Waals surface area (Å²) in [6.07, 6.45) is 4.20. The van der Waals surface area contributed by atoms with Crippen molar-refractivity contribution in [3.63, 3.8) is 0 Å². The van der Waals surface area contributed by atoms with Gasteiger partial charge in [0.15, 0.2) is 0 Å². The van der Waals surface area contributed by atoms with Crippen molar-refractivity contribution in [2.24, 2.45) is 5.92 Å². The van der Waals surface area contributed by atoms with E-state index < -0.39 is 5.60 Å². The number of hydrogen-bond donors (Lipinski definition) is 1. The van der Waals surface area contributed by atoms with Crippen molar-refractivity contribution >= 4 is 0 Å². The number of hydrogen-bond acceptors (Lipinski definition) is 1. The minimum Gasteiger partial charge on any atom is -1.00 e. The van der Waals surface area contributed by atoms with Crippen LogP contribution in [0.15, 0.2) is 0 Å². The summed E-state index contributed by atoms with van der Waals surface area (Å²) in [5, 5.41) is 9.64. The third kappa shape index (κ3) is 9.05. The van der Waals surface area contributed by atoms with E-state index in [9.17, 15) is 5.11 Å². The maximum absolute atomic E-state index is 9.64. The molecule has 1 N–H and O–H groups in total. The molecule has 0 bridgehead atoms. The van der Waals surface area contributed by atoms with Gasteiger partial charge in [0.1, 0.15) is 0 Å².